The van der Waals surface area contributed by atoms with E-state index < -0.39 is 25.1 Å². The summed E-state index contributed by atoms with van der Waals surface area (Å²) in [5, 5.41) is 32.2. The molecule has 4 N–H and O–H groups in total. The number of aliphatic hydroxyl groups is 4. The van der Waals surface area contributed by atoms with Gasteiger partial charge < -0.3 is 20.4 Å². The van der Waals surface area contributed by atoms with Crippen molar-refractivity contribution in [1.82, 2.24) is 0 Å². The van der Waals surface area contributed by atoms with Gasteiger partial charge in [0.25, 0.3) is 0 Å². The molecular formula is C18H46O6PbTi. The maximum Gasteiger partial charge on any atom is 0 e. The molecule has 6 nitrogen and oxygen atoms in total. The minimum atomic E-state index is -1.12. The topological polar surface area (TPSA) is 99.4 Å². The average Bonchev–Trinajstić information content (AvgIpc) is 2.23. The molecular weight excluding hydrogens is 567 g/mol. The Kier molecular flexibility index (Phi) is 54.4. The Hall–Kier alpha value is 1.40. The van der Waals surface area contributed by atoms with Crippen LogP contribution in [-0.4, -0.2) is 82.2 Å². The van der Waals surface area contributed by atoms with Gasteiger partial charge >= 0.3 is 70.4 Å². The van der Waals surface area contributed by atoms with Gasteiger partial charge in [0.15, 0.2) is 0 Å². The van der Waals surface area contributed by atoms with Crippen molar-refractivity contribution in [1.29, 1.82) is 0 Å². The van der Waals surface area contributed by atoms with Crippen LogP contribution in [0.15, 0.2) is 0 Å². The standard InChI is InChI=1S/4C3H8O.2C3H7O.Pb.Ti/c6*1-3(2)4;;/h4*3-4H,1-2H3;2*3H,1-2H3;;/q;;;;2*-1;+2;. The fraction of sp³-hybridized carbons (Fsp3) is 1.00. The first-order valence-electron chi connectivity index (χ1n) is 8.84. The Morgan fingerprint density at radius 2 is 0.577 bits per heavy atom. The van der Waals surface area contributed by atoms with Crippen LogP contribution in [0.25, 0.3) is 0 Å². The summed E-state index contributed by atoms with van der Waals surface area (Å²) in [6.07, 6.45) is 0.0409. The largest absolute Gasteiger partial charge is 0 e. The number of hydrogen-bond acceptors (Lipinski definition) is 6. The molecule has 26 heavy (non-hydrogen) atoms. The van der Waals surface area contributed by atoms with Crippen molar-refractivity contribution in [3.05, 3.63) is 0 Å². The van der Waals surface area contributed by atoms with Crippen LogP contribution in [0, 0.1) is 0 Å². The van der Waals surface area contributed by atoms with E-state index in [-0.39, 0.29) is 46.1 Å². The zero-order chi connectivity index (χ0) is 21.6. The fourth-order valence-electron chi connectivity index (χ4n) is 0.220. The molecule has 162 valence electrons. The van der Waals surface area contributed by atoms with Gasteiger partial charge in [0.1, 0.15) is 0 Å². The van der Waals surface area contributed by atoms with E-state index in [4.69, 9.17) is 25.8 Å². The minimum Gasteiger partial charge on any atom is 0 e. The molecule has 0 aromatic heterocycles. The van der Waals surface area contributed by atoms with Gasteiger partial charge in [-0.3, -0.25) is 0 Å². The summed E-state index contributed by atoms with van der Waals surface area (Å²) in [6.45, 7) is 21.9. The van der Waals surface area contributed by atoms with Gasteiger partial charge in [-0.25, -0.2) is 0 Å². The van der Waals surface area contributed by atoms with Crippen molar-refractivity contribution in [2.24, 2.45) is 0 Å². The third-order valence-corrected chi connectivity index (χ3v) is 4.98. The average molecular weight is 614 g/mol. The molecule has 0 aromatic carbocycles. The molecule has 0 unspecified atom stereocenters. The summed E-state index contributed by atoms with van der Waals surface area (Å²) in [6, 6.07) is 0. The van der Waals surface area contributed by atoms with Crippen LogP contribution in [0.4, 0.5) is 0 Å². The molecule has 0 aliphatic rings. The second-order valence-corrected chi connectivity index (χ2v) is 9.27. The van der Waals surface area contributed by atoms with Crippen LogP contribution >= 0.6 is 0 Å². The maximum atomic E-state index is 8.06. The zero-order valence-corrected chi connectivity index (χ0v) is 24.5. The molecule has 0 spiro atoms. The summed E-state index contributed by atoms with van der Waals surface area (Å²) in [5.41, 5.74) is 0. The summed E-state index contributed by atoms with van der Waals surface area (Å²) >= 11 is -1.12. The summed E-state index contributed by atoms with van der Waals surface area (Å²) in [5.74, 6) is 0. The van der Waals surface area contributed by atoms with E-state index in [9.17, 15) is 0 Å². The van der Waals surface area contributed by atoms with Gasteiger partial charge in [0.05, 0.1) is 0 Å². The monoisotopic (exact) mass is 614 g/mol. The van der Waals surface area contributed by atoms with Gasteiger partial charge in [0, 0.05) is 46.1 Å². The maximum absolute atomic E-state index is 8.06. The molecule has 0 heterocycles. The summed E-state index contributed by atoms with van der Waals surface area (Å²) in [7, 11) is 0. The Morgan fingerprint density at radius 3 is 0.654 bits per heavy atom. The molecule has 0 aliphatic heterocycles. The van der Waals surface area contributed by atoms with E-state index >= 15 is 0 Å². The third-order valence-electron chi connectivity index (χ3n) is 0.568. The molecule has 0 saturated carbocycles. The van der Waals surface area contributed by atoms with E-state index in [1.807, 2.05) is 27.7 Å². The van der Waals surface area contributed by atoms with E-state index in [2.05, 4.69) is 0 Å². The van der Waals surface area contributed by atoms with E-state index in [1.54, 1.807) is 55.4 Å². The number of aliphatic hydroxyl groups excluding tert-OH is 4. The predicted octanol–water partition coefficient (Wildman–Crippen LogP) is 2.92. The van der Waals surface area contributed by atoms with Crippen LogP contribution in [0.3, 0.4) is 0 Å². The van der Waals surface area contributed by atoms with Gasteiger partial charge in [-0.1, -0.05) is 0 Å². The second kappa shape index (κ2) is 33.9. The van der Waals surface area contributed by atoms with Crippen molar-refractivity contribution >= 4 is 25.1 Å². The predicted molar refractivity (Wildman–Crippen MR) is 108 cm³/mol. The molecule has 0 amide bonds. The summed E-state index contributed by atoms with van der Waals surface area (Å²) in [4.78, 5) is 0. The number of hydrogen-bond donors (Lipinski definition) is 4. The zero-order valence-electron chi connectivity index (χ0n) is 19.1. The fourth-order valence-corrected chi connectivity index (χ4v) is 1.93. The van der Waals surface area contributed by atoms with Crippen molar-refractivity contribution in [3.63, 3.8) is 0 Å². The van der Waals surface area contributed by atoms with Crippen LogP contribution in [0.5, 0.6) is 0 Å². The van der Waals surface area contributed by atoms with Crippen LogP contribution in [-0.2, 0) is 27.1 Å². The number of rotatable bonds is 4. The molecule has 0 bridgehead atoms. The molecule has 2 radical (unpaired) electrons. The normalized spacial score (nSPS) is 9.46. The molecule has 0 saturated heterocycles. The van der Waals surface area contributed by atoms with E-state index in [0.29, 0.717) is 12.2 Å². The molecule has 0 rings (SSSR count). The van der Waals surface area contributed by atoms with Gasteiger partial charge in [-0.05, 0) is 55.4 Å². The van der Waals surface area contributed by atoms with Crippen molar-refractivity contribution in [2.45, 2.75) is 120 Å². The van der Waals surface area contributed by atoms with Crippen LogP contribution in [0.2, 0.25) is 0 Å². The van der Waals surface area contributed by atoms with Crippen LogP contribution in [0.1, 0.15) is 83.1 Å². The first kappa shape index (κ1) is 41.7. The van der Waals surface area contributed by atoms with Crippen molar-refractivity contribution in [2.75, 3.05) is 0 Å². The molecule has 0 aliphatic carbocycles. The first-order valence-corrected chi connectivity index (χ1v) is 12.0. The molecule has 0 aromatic rings. The quantitative estimate of drug-likeness (QED) is 0.364. The first-order chi connectivity index (χ1) is 11.1. The molecule has 8 heteroatoms. The Morgan fingerprint density at radius 1 is 0.462 bits per heavy atom. The van der Waals surface area contributed by atoms with Crippen LogP contribution < -0.4 is 0 Å². The van der Waals surface area contributed by atoms with Crippen molar-refractivity contribution < 1.29 is 47.5 Å². The van der Waals surface area contributed by atoms with Crippen molar-refractivity contribution in [3.8, 4) is 0 Å². The van der Waals surface area contributed by atoms with Gasteiger partial charge in [-0.2, -0.15) is 0 Å². The SMILES string of the molecule is CC(C)O.CC(C)O.CC(C)O.CC(C)O.CC(C)[O][Pb][O]C(C)C.[Ti]. The second-order valence-electron chi connectivity index (χ2n) is 6.79. The minimum absolute atomic E-state index is 0. The van der Waals surface area contributed by atoms with E-state index in [0.717, 1.165) is 0 Å². The third kappa shape index (κ3) is 276. The Bertz CT molecular complexity index is 161. The van der Waals surface area contributed by atoms with E-state index in [1.165, 1.54) is 0 Å². The van der Waals surface area contributed by atoms with Gasteiger partial charge in [0.2, 0.25) is 0 Å². The smallest absolute Gasteiger partial charge is 0 e. The molecule has 0 fully saturated rings. The Labute approximate surface area is 191 Å². The van der Waals surface area contributed by atoms with Gasteiger partial charge in [-0.15, -0.1) is 0 Å². The Balaban J connectivity index is -0.0000000508. The summed E-state index contributed by atoms with van der Waals surface area (Å²) < 4.78 is 10.6. The molecule has 0 atom stereocenters.